The molecule has 0 heterocycles. The van der Waals surface area contributed by atoms with Gasteiger partial charge in [-0.15, -0.1) is 11.8 Å². The van der Waals surface area contributed by atoms with E-state index >= 15 is 0 Å². The van der Waals surface area contributed by atoms with Crippen LogP contribution in [-0.2, 0) is 9.59 Å². The Balaban J connectivity index is 4.51. The van der Waals surface area contributed by atoms with Gasteiger partial charge in [-0.25, -0.2) is 0 Å². The largest absolute Gasteiger partial charge is 0.481 e. The van der Waals surface area contributed by atoms with Crippen LogP contribution in [-0.4, -0.2) is 50.4 Å². The van der Waals surface area contributed by atoms with Gasteiger partial charge >= 0.3 is 11.9 Å². The Hall–Kier alpha value is -1.83. The number of nitrogens with two attached hydrogens (primary N) is 1. The van der Waals surface area contributed by atoms with Crippen molar-refractivity contribution in [1.29, 1.82) is 0 Å². The highest BCUT2D eigenvalue weighted by molar-refractivity contribution is 8.00. The van der Waals surface area contributed by atoms with Gasteiger partial charge in [0, 0.05) is 17.4 Å². The Morgan fingerprint density at radius 2 is 1.73 bits per heavy atom. The van der Waals surface area contributed by atoms with Crippen molar-refractivity contribution in [2.24, 2.45) is 5.73 Å². The van der Waals surface area contributed by atoms with Gasteiger partial charge in [0.2, 0.25) is 0 Å². The van der Waals surface area contributed by atoms with E-state index in [1.807, 2.05) is 18.2 Å². The molecule has 0 aliphatic rings. The molecule has 7 heteroatoms. The number of carboxylic acids is 2. The predicted octanol–water partition coefficient (Wildman–Crippen LogP) is 4.31. The lowest BCUT2D eigenvalue weighted by molar-refractivity contribution is -0.138. The van der Waals surface area contributed by atoms with E-state index in [1.165, 1.54) is 31.0 Å². The van der Waals surface area contributed by atoms with Crippen LogP contribution < -0.4 is 5.73 Å². The van der Waals surface area contributed by atoms with Gasteiger partial charge in [0.15, 0.2) is 0 Å². The molecule has 0 aliphatic heterocycles. The number of aliphatic hydroxyl groups excluding tert-OH is 1. The van der Waals surface area contributed by atoms with Crippen molar-refractivity contribution < 1.29 is 24.9 Å². The molecule has 170 valence electrons. The first-order valence-corrected chi connectivity index (χ1v) is 11.6. The van der Waals surface area contributed by atoms with Crippen LogP contribution in [0, 0.1) is 0 Å². The second kappa shape index (κ2) is 19.2. The quantitative estimate of drug-likeness (QED) is 0.143. The number of carboxylic acid groups (broad SMARTS) is 2. The predicted molar refractivity (Wildman–Crippen MR) is 125 cm³/mol. The molecule has 0 fully saturated rings. The Morgan fingerprint density at radius 3 is 2.40 bits per heavy atom. The first-order chi connectivity index (χ1) is 14.4. The number of hydrogen-bond donors (Lipinski definition) is 4. The summed E-state index contributed by atoms with van der Waals surface area (Å²) in [4.78, 5) is 21.5. The molecule has 0 saturated heterocycles. The second-order valence-corrected chi connectivity index (χ2v) is 8.21. The Morgan fingerprint density at radius 1 is 1.00 bits per heavy atom. The van der Waals surface area contributed by atoms with Crippen molar-refractivity contribution in [3.63, 3.8) is 0 Å². The van der Waals surface area contributed by atoms with E-state index in [4.69, 9.17) is 15.9 Å². The molecule has 0 spiro atoms. The number of thioether (sulfide) groups is 1. The normalized spacial score (nSPS) is 15.4. The van der Waals surface area contributed by atoms with Gasteiger partial charge in [0.25, 0.3) is 0 Å². The molecule has 0 aliphatic carbocycles. The first kappa shape index (κ1) is 28.2. The maximum atomic E-state index is 10.9. The average molecular weight is 440 g/mol. The highest BCUT2D eigenvalue weighted by Crippen LogP contribution is 2.21. The van der Waals surface area contributed by atoms with Gasteiger partial charge in [-0.3, -0.25) is 9.59 Å². The summed E-state index contributed by atoms with van der Waals surface area (Å²) in [6.07, 6.45) is 21.3. The van der Waals surface area contributed by atoms with E-state index < -0.39 is 24.1 Å². The van der Waals surface area contributed by atoms with Crippen molar-refractivity contribution in [1.82, 2.24) is 0 Å². The molecule has 6 nitrogen and oxygen atoms in total. The number of allylic oxidation sites excluding steroid dienone is 7. The summed E-state index contributed by atoms with van der Waals surface area (Å²) in [7, 11) is 0. The molecule has 30 heavy (non-hydrogen) atoms. The molecule has 5 N–H and O–H groups in total. The van der Waals surface area contributed by atoms with Gasteiger partial charge in [-0.2, -0.15) is 0 Å². The van der Waals surface area contributed by atoms with Crippen LogP contribution in [0.15, 0.2) is 48.6 Å². The lowest BCUT2D eigenvalue weighted by atomic mass is 10.1. The minimum atomic E-state index is -1.09. The minimum Gasteiger partial charge on any atom is -0.481 e. The molecule has 0 radical (unpaired) electrons. The molecule has 0 bridgehead atoms. The smallest absolute Gasteiger partial charge is 0.321 e. The Kier molecular flexibility index (Phi) is 18.0. The zero-order valence-electron chi connectivity index (χ0n) is 17.9. The second-order valence-electron chi connectivity index (χ2n) is 7.00. The summed E-state index contributed by atoms with van der Waals surface area (Å²) < 4.78 is 0. The summed E-state index contributed by atoms with van der Waals surface area (Å²) in [5.74, 6) is -1.83. The maximum absolute atomic E-state index is 10.9. The first-order valence-electron chi connectivity index (χ1n) is 10.5. The van der Waals surface area contributed by atoms with Crippen LogP contribution in [0.3, 0.4) is 0 Å². The molecule has 0 rings (SSSR count). The third kappa shape index (κ3) is 17.1. The lowest BCUT2D eigenvalue weighted by Crippen LogP contribution is -2.34. The fraction of sp³-hybridized carbons (Fsp3) is 0.565. The van der Waals surface area contributed by atoms with Gasteiger partial charge in [-0.1, -0.05) is 68.4 Å². The van der Waals surface area contributed by atoms with Crippen LogP contribution in [0.2, 0.25) is 0 Å². The fourth-order valence-electron chi connectivity index (χ4n) is 2.47. The summed E-state index contributed by atoms with van der Waals surface area (Å²) in [6.45, 7) is 2.19. The van der Waals surface area contributed by atoms with Crippen LogP contribution in [0.1, 0.15) is 58.3 Å². The standard InChI is InChI=1S/C23H37NO5S/c1-2-3-4-5-6-7-8-9-10-11-12-13-16-21(30-18-19(24)23(28)29)20(25)15-14-17-22(26)27/h6-7,9-13,16,19-21,25H,2-5,8,14-15,17-18,24H2,1H3,(H,26,27)(H,28,29)/b7-6?,10-9?,12-11+,16-13+/t19-,20-,21+/m0/s1. The topological polar surface area (TPSA) is 121 Å². The Labute approximate surface area is 184 Å². The van der Waals surface area contributed by atoms with Crippen LogP contribution in [0.5, 0.6) is 0 Å². The molecule has 0 unspecified atom stereocenters. The number of aliphatic carboxylic acids is 2. The van der Waals surface area contributed by atoms with E-state index in [0.717, 1.165) is 12.8 Å². The van der Waals surface area contributed by atoms with Gasteiger partial charge in [0.05, 0.1) is 6.10 Å². The SMILES string of the molecule is CCCCCC=CCC=C/C=C/C=C/[C@@H](SC[C@H](N)C(=O)O)[C@@H](O)CCCC(=O)O. The van der Waals surface area contributed by atoms with Crippen molar-refractivity contribution in [2.75, 3.05) is 5.75 Å². The third-order valence-electron chi connectivity index (χ3n) is 4.24. The monoisotopic (exact) mass is 439 g/mol. The summed E-state index contributed by atoms with van der Waals surface area (Å²) in [6, 6.07) is -1.01. The van der Waals surface area contributed by atoms with E-state index in [1.54, 1.807) is 12.2 Å². The summed E-state index contributed by atoms with van der Waals surface area (Å²) in [5, 5.41) is 27.6. The molecule has 0 aromatic rings. The minimum absolute atomic E-state index is 0.00938. The van der Waals surface area contributed by atoms with E-state index in [2.05, 4.69) is 25.2 Å². The summed E-state index contributed by atoms with van der Waals surface area (Å²) >= 11 is 1.26. The molecule has 0 amide bonds. The van der Waals surface area contributed by atoms with Crippen LogP contribution in [0.4, 0.5) is 0 Å². The van der Waals surface area contributed by atoms with E-state index in [9.17, 15) is 14.7 Å². The lowest BCUT2D eigenvalue weighted by Gasteiger charge is -2.20. The highest BCUT2D eigenvalue weighted by atomic mass is 32.2. The van der Waals surface area contributed by atoms with Crippen molar-refractivity contribution >= 4 is 23.7 Å². The van der Waals surface area contributed by atoms with Crippen molar-refractivity contribution in [3.8, 4) is 0 Å². The Bertz CT molecular complexity index is 586. The summed E-state index contributed by atoms with van der Waals surface area (Å²) in [5.41, 5.74) is 5.54. The van der Waals surface area contributed by atoms with Gasteiger partial charge in [-0.05, 0) is 32.1 Å². The number of carbonyl (C=O) groups is 2. The average Bonchev–Trinajstić information content (AvgIpc) is 2.70. The molecular formula is C23H37NO5S. The number of rotatable bonds is 18. The molecule has 0 aromatic carbocycles. The number of aliphatic hydroxyl groups is 1. The van der Waals surface area contributed by atoms with Crippen molar-refractivity contribution in [2.45, 2.75) is 75.7 Å². The molecule has 0 saturated carbocycles. The molecule has 3 atom stereocenters. The van der Waals surface area contributed by atoms with Crippen LogP contribution >= 0.6 is 11.8 Å². The van der Waals surface area contributed by atoms with Crippen LogP contribution in [0.25, 0.3) is 0 Å². The van der Waals surface area contributed by atoms with E-state index in [0.29, 0.717) is 12.8 Å². The zero-order valence-corrected chi connectivity index (χ0v) is 18.7. The number of hydrogen-bond acceptors (Lipinski definition) is 5. The zero-order chi connectivity index (χ0) is 22.6. The van der Waals surface area contributed by atoms with Gasteiger partial charge in [0.1, 0.15) is 6.04 Å². The fourth-order valence-corrected chi connectivity index (χ4v) is 3.60. The number of unbranched alkanes of at least 4 members (excludes halogenated alkanes) is 3. The molecular weight excluding hydrogens is 402 g/mol. The van der Waals surface area contributed by atoms with Gasteiger partial charge < -0.3 is 21.1 Å². The third-order valence-corrected chi connectivity index (χ3v) is 5.65. The maximum Gasteiger partial charge on any atom is 0.321 e. The van der Waals surface area contributed by atoms with E-state index in [-0.39, 0.29) is 17.4 Å². The highest BCUT2D eigenvalue weighted by Gasteiger charge is 2.20. The van der Waals surface area contributed by atoms with Crippen molar-refractivity contribution in [3.05, 3.63) is 48.6 Å². The molecule has 0 aromatic heterocycles.